The summed E-state index contributed by atoms with van der Waals surface area (Å²) in [4.78, 5) is 22.6. The van der Waals surface area contributed by atoms with E-state index in [2.05, 4.69) is 0 Å². The number of carboxylic acid groups (broad SMARTS) is 1. The number of hydrogen-bond donors (Lipinski definition) is 2. The maximum absolute atomic E-state index is 11.2. The summed E-state index contributed by atoms with van der Waals surface area (Å²) in [5.41, 5.74) is 6.83. The number of fused-ring (bicyclic) bond motifs is 1. The van der Waals surface area contributed by atoms with Gasteiger partial charge in [-0.2, -0.15) is 0 Å². The Morgan fingerprint density at radius 3 is 2.76 bits per heavy atom. The van der Waals surface area contributed by atoms with Crippen molar-refractivity contribution in [1.29, 1.82) is 0 Å². The van der Waals surface area contributed by atoms with Crippen molar-refractivity contribution in [3.8, 4) is 0 Å². The molecule has 8 heteroatoms. The number of carboxylic acids is 1. The Morgan fingerprint density at radius 2 is 2.24 bits per heavy atom. The van der Waals surface area contributed by atoms with Crippen molar-refractivity contribution < 1.29 is 14.8 Å². The van der Waals surface area contributed by atoms with E-state index < -0.39 is 16.9 Å². The Morgan fingerprint density at radius 1 is 1.57 bits per heavy atom. The molecule has 21 heavy (non-hydrogen) atoms. The van der Waals surface area contributed by atoms with Gasteiger partial charge < -0.3 is 15.4 Å². The summed E-state index contributed by atoms with van der Waals surface area (Å²) in [6.07, 6.45) is 3.64. The number of rotatable bonds is 5. The fraction of sp³-hybridized carbons (Fsp3) is 0.308. The number of non-ortho nitro benzene ring substituents is 1. The van der Waals surface area contributed by atoms with Gasteiger partial charge in [-0.15, -0.1) is 11.8 Å². The molecule has 1 unspecified atom stereocenters. The summed E-state index contributed by atoms with van der Waals surface area (Å²) in [7, 11) is 1.78. The van der Waals surface area contributed by atoms with E-state index in [9.17, 15) is 14.9 Å². The highest BCUT2D eigenvalue weighted by molar-refractivity contribution is 7.98. The second-order valence-corrected chi connectivity index (χ2v) is 5.53. The SMILES string of the molecule is CSc1ccc([N+](=O)[O-])c2c(CC(N)C(=O)O)cn(C)c12. The van der Waals surface area contributed by atoms with Crippen molar-refractivity contribution in [1.82, 2.24) is 4.57 Å². The topological polar surface area (TPSA) is 111 Å². The molecule has 0 spiro atoms. The lowest BCUT2D eigenvalue weighted by Crippen LogP contribution is -2.32. The minimum atomic E-state index is -1.13. The molecular formula is C13H15N3O4S. The molecule has 0 radical (unpaired) electrons. The molecule has 3 N–H and O–H groups in total. The molecule has 112 valence electrons. The van der Waals surface area contributed by atoms with Crippen LogP contribution >= 0.6 is 11.8 Å². The molecule has 2 aromatic rings. The van der Waals surface area contributed by atoms with Gasteiger partial charge in [-0.05, 0) is 17.9 Å². The van der Waals surface area contributed by atoms with E-state index >= 15 is 0 Å². The molecular weight excluding hydrogens is 294 g/mol. The monoisotopic (exact) mass is 309 g/mol. The summed E-state index contributed by atoms with van der Waals surface area (Å²) < 4.78 is 1.78. The van der Waals surface area contributed by atoms with Crippen LogP contribution in [0.3, 0.4) is 0 Å². The van der Waals surface area contributed by atoms with Crippen molar-refractivity contribution in [3.63, 3.8) is 0 Å². The van der Waals surface area contributed by atoms with Crippen LogP contribution in [-0.4, -0.2) is 32.9 Å². The third-order valence-corrected chi connectivity index (χ3v) is 4.09. The van der Waals surface area contributed by atoms with Crippen molar-refractivity contribution >= 4 is 34.3 Å². The van der Waals surface area contributed by atoms with Crippen LogP contribution < -0.4 is 5.73 Å². The van der Waals surface area contributed by atoms with E-state index in [1.54, 1.807) is 23.9 Å². The number of nitrogens with two attached hydrogens (primary N) is 1. The molecule has 0 aliphatic heterocycles. The largest absolute Gasteiger partial charge is 0.480 e. The first-order chi connectivity index (χ1) is 9.86. The van der Waals surface area contributed by atoms with Gasteiger partial charge in [-0.3, -0.25) is 14.9 Å². The van der Waals surface area contributed by atoms with Crippen LogP contribution in [0.15, 0.2) is 23.2 Å². The predicted octanol–water partition coefficient (Wildman–Crippen LogP) is 1.76. The Kier molecular flexibility index (Phi) is 4.19. The minimum Gasteiger partial charge on any atom is -0.480 e. The van der Waals surface area contributed by atoms with Crippen molar-refractivity contribution in [2.45, 2.75) is 17.4 Å². The van der Waals surface area contributed by atoms with E-state index in [-0.39, 0.29) is 12.1 Å². The van der Waals surface area contributed by atoms with Crippen molar-refractivity contribution in [2.24, 2.45) is 12.8 Å². The van der Waals surface area contributed by atoms with E-state index in [0.29, 0.717) is 10.9 Å². The van der Waals surface area contributed by atoms with Gasteiger partial charge in [0.1, 0.15) is 6.04 Å². The summed E-state index contributed by atoms with van der Waals surface area (Å²) in [5, 5.41) is 20.6. The zero-order valence-corrected chi connectivity index (χ0v) is 12.4. The van der Waals surface area contributed by atoms with Gasteiger partial charge in [0, 0.05) is 30.6 Å². The Labute approximate surface area is 124 Å². The van der Waals surface area contributed by atoms with E-state index in [1.165, 1.54) is 17.8 Å². The zero-order chi connectivity index (χ0) is 15.7. The van der Waals surface area contributed by atoms with Crippen LogP contribution in [0, 0.1) is 10.1 Å². The molecule has 1 atom stereocenters. The molecule has 0 saturated heterocycles. The van der Waals surface area contributed by atoms with Gasteiger partial charge in [-0.25, -0.2) is 0 Å². The molecule has 1 heterocycles. The lowest BCUT2D eigenvalue weighted by atomic mass is 10.0. The van der Waals surface area contributed by atoms with Crippen molar-refractivity contribution in [2.75, 3.05) is 6.26 Å². The zero-order valence-electron chi connectivity index (χ0n) is 11.6. The fourth-order valence-electron chi connectivity index (χ4n) is 2.39. The number of hydrogen-bond acceptors (Lipinski definition) is 5. The standard InChI is InChI=1S/C13H15N3O4S/c1-15-6-7(5-8(14)13(17)18)11-9(16(19)20)3-4-10(21-2)12(11)15/h3-4,6,8H,5,14H2,1-2H3,(H,17,18). The predicted molar refractivity (Wildman–Crippen MR) is 80.7 cm³/mol. The smallest absolute Gasteiger partial charge is 0.320 e. The van der Waals surface area contributed by atoms with Crippen LogP contribution in [0.25, 0.3) is 10.9 Å². The van der Waals surface area contributed by atoms with Crippen LogP contribution in [0.1, 0.15) is 5.56 Å². The Bertz CT molecular complexity index is 726. The second-order valence-electron chi connectivity index (χ2n) is 4.68. The average molecular weight is 309 g/mol. The molecule has 1 aromatic heterocycles. The lowest BCUT2D eigenvalue weighted by molar-refractivity contribution is -0.383. The highest BCUT2D eigenvalue weighted by atomic mass is 32.2. The van der Waals surface area contributed by atoms with Gasteiger partial charge in [0.05, 0.1) is 15.8 Å². The van der Waals surface area contributed by atoms with Crippen LogP contribution in [-0.2, 0) is 18.3 Å². The van der Waals surface area contributed by atoms with Gasteiger partial charge in [-0.1, -0.05) is 0 Å². The third-order valence-electron chi connectivity index (χ3n) is 3.32. The quantitative estimate of drug-likeness (QED) is 0.494. The number of benzene rings is 1. The first-order valence-electron chi connectivity index (χ1n) is 6.14. The number of aliphatic carboxylic acids is 1. The van der Waals surface area contributed by atoms with Gasteiger partial charge >= 0.3 is 5.97 Å². The fourth-order valence-corrected chi connectivity index (χ4v) is 3.03. The molecule has 0 aliphatic rings. The number of nitro groups is 1. The summed E-state index contributed by atoms with van der Waals surface area (Å²) >= 11 is 1.48. The van der Waals surface area contributed by atoms with Crippen LogP contribution in [0.4, 0.5) is 5.69 Å². The molecule has 0 bridgehead atoms. The summed E-state index contributed by atoms with van der Waals surface area (Å²) in [5.74, 6) is -1.13. The molecule has 2 rings (SSSR count). The maximum atomic E-state index is 11.2. The second kappa shape index (κ2) is 5.74. The Hall–Kier alpha value is -2.06. The molecule has 0 amide bonds. The average Bonchev–Trinajstić information content (AvgIpc) is 2.75. The van der Waals surface area contributed by atoms with Gasteiger partial charge in [0.15, 0.2) is 0 Å². The molecule has 1 aromatic carbocycles. The number of thioether (sulfide) groups is 1. The molecule has 7 nitrogen and oxygen atoms in total. The lowest BCUT2D eigenvalue weighted by Gasteiger charge is -2.06. The number of nitrogens with zero attached hydrogens (tertiary/aromatic N) is 2. The van der Waals surface area contributed by atoms with Crippen molar-refractivity contribution in [3.05, 3.63) is 34.0 Å². The number of nitro benzene ring substituents is 1. The maximum Gasteiger partial charge on any atom is 0.320 e. The first-order valence-corrected chi connectivity index (χ1v) is 7.37. The van der Waals surface area contributed by atoms with Gasteiger partial charge in [0.2, 0.25) is 0 Å². The highest BCUT2D eigenvalue weighted by Crippen LogP contribution is 2.36. The normalized spacial score (nSPS) is 12.5. The van der Waals surface area contributed by atoms with E-state index in [1.807, 2.05) is 6.26 Å². The molecule has 0 aliphatic carbocycles. The summed E-state index contributed by atoms with van der Waals surface area (Å²) in [6, 6.07) is 2.06. The third kappa shape index (κ3) is 2.72. The van der Waals surface area contributed by atoms with Crippen LogP contribution in [0.2, 0.25) is 0 Å². The summed E-state index contributed by atoms with van der Waals surface area (Å²) in [6.45, 7) is 0. The molecule has 0 fully saturated rings. The number of carbonyl (C=O) groups is 1. The first kappa shape index (κ1) is 15.3. The van der Waals surface area contributed by atoms with E-state index in [0.717, 1.165) is 10.4 Å². The molecule has 0 saturated carbocycles. The highest BCUT2D eigenvalue weighted by Gasteiger charge is 2.23. The number of aromatic nitrogens is 1. The van der Waals surface area contributed by atoms with Gasteiger partial charge in [0.25, 0.3) is 5.69 Å². The Balaban J connectivity index is 2.71. The van der Waals surface area contributed by atoms with E-state index in [4.69, 9.17) is 10.8 Å². The van der Waals surface area contributed by atoms with Crippen LogP contribution in [0.5, 0.6) is 0 Å². The minimum absolute atomic E-state index is 0.0315. The number of aryl methyl sites for hydroxylation is 1.